The predicted molar refractivity (Wildman–Crippen MR) is 103 cm³/mol. The number of aromatic nitrogens is 4. The zero-order valence-corrected chi connectivity index (χ0v) is 16.6. The van der Waals surface area contributed by atoms with Gasteiger partial charge in [0.05, 0.1) is 25.5 Å². The Kier molecular flexibility index (Phi) is 4.65. The Morgan fingerprint density at radius 2 is 2.10 bits per heavy atom. The number of fused-ring (bicyclic) bond motifs is 2. The highest BCUT2D eigenvalue weighted by Crippen LogP contribution is 2.57. The van der Waals surface area contributed by atoms with E-state index in [9.17, 15) is 18.0 Å². The monoisotopic (exact) mass is 435 g/mol. The molecule has 0 radical (unpaired) electrons. The maximum atomic E-state index is 12.6. The lowest BCUT2D eigenvalue weighted by Crippen LogP contribution is -2.19. The molecule has 2 fully saturated rings. The predicted octanol–water partition coefficient (Wildman–Crippen LogP) is 3.10. The van der Waals surface area contributed by atoms with E-state index in [1.165, 1.54) is 6.07 Å². The van der Waals surface area contributed by atoms with E-state index in [0.29, 0.717) is 46.1 Å². The van der Waals surface area contributed by atoms with Crippen LogP contribution in [0.5, 0.6) is 5.75 Å². The smallest absolute Gasteiger partial charge is 0.408 e. The molecule has 0 spiro atoms. The lowest BCUT2D eigenvalue weighted by atomic mass is 10.2. The zero-order chi connectivity index (χ0) is 21.8. The number of amides is 1. The van der Waals surface area contributed by atoms with Gasteiger partial charge in [0.2, 0.25) is 0 Å². The molecule has 2 unspecified atom stereocenters. The van der Waals surface area contributed by atoms with Crippen LogP contribution < -0.4 is 10.1 Å². The van der Waals surface area contributed by atoms with Gasteiger partial charge in [-0.15, -0.1) is 0 Å². The molecule has 8 nitrogen and oxygen atoms in total. The molecule has 3 aromatic rings. The molecule has 3 aromatic heterocycles. The van der Waals surface area contributed by atoms with Crippen molar-refractivity contribution >= 4 is 17.2 Å². The molecule has 31 heavy (non-hydrogen) atoms. The van der Waals surface area contributed by atoms with E-state index in [1.807, 2.05) is 17.5 Å². The van der Waals surface area contributed by atoms with Gasteiger partial charge in [0, 0.05) is 30.6 Å². The molecular formula is C20H20F3N5O3. The quantitative estimate of drug-likeness (QED) is 0.644. The molecule has 0 bridgehead atoms. The summed E-state index contributed by atoms with van der Waals surface area (Å²) in [5.41, 5.74) is 1.93. The van der Waals surface area contributed by atoms with Crippen LogP contribution in [0, 0.1) is 11.8 Å². The van der Waals surface area contributed by atoms with E-state index in [1.54, 1.807) is 12.3 Å². The van der Waals surface area contributed by atoms with Crippen molar-refractivity contribution < 1.29 is 27.4 Å². The van der Waals surface area contributed by atoms with E-state index in [-0.39, 0.29) is 5.69 Å². The SMILES string of the molecule is CCOc1cc2nc(C3C4COCC43)cn2cc1NC(=O)c1ccn(CC(F)(F)F)n1. The first kappa shape index (κ1) is 19.9. The summed E-state index contributed by atoms with van der Waals surface area (Å²) in [6.45, 7) is 2.45. The van der Waals surface area contributed by atoms with Crippen molar-refractivity contribution in [2.24, 2.45) is 11.8 Å². The van der Waals surface area contributed by atoms with Crippen LogP contribution >= 0.6 is 0 Å². The van der Waals surface area contributed by atoms with Gasteiger partial charge in [-0.25, -0.2) is 4.98 Å². The molecule has 4 heterocycles. The third-order valence-corrected chi connectivity index (χ3v) is 5.63. The fourth-order valence-corrected chi connectivity index (χ4v) is 4.18. The number of nitrogens with one attached hydrogen (secondary N) is 1. The van der Waals surface area contributed by atoms with Gasteiger partial charge in [0.1, 0.15) is 23.6 Å². The molecule has 2 aliphatic rings. The molecule has 164 valence electrons. The zero-order valence-electron chi connectivity index (χ0n) is 16.6. The largest absolute Gasteiger partial charge is 0.491 e. The van der Waals surface area contributed by atoms with E-state index >= 15 is 0 Å². The number of nitrogens with zero attached hydrogens (tertiary/aromatic N) is 4. The first-order valence-corrected chi connectivity index (χ1v) is 9.97. The summed E-state index contributed by atoms with van der Waals surface area (Å²) in [6, 6.07) is 2.97. The number of carbonyl (C=O) groups excluding carboxylic acids is 1. The summed E-state index contributed by atoms with van der Waals surface area (Å²) < 4.78 is 51.2. The molecular weight excluding hydrogens is 415 g/mol. The summed E-state index contributed by atoms with van der Waals surface area (Å²) in [5, 5.41) is 6.39. The Morgan fingerprint density at radius 3 is 2.81 bits per heavy atom. The second-order valence-electron chi connectivity index (χ2n) is 7.77. The van der Waals surface area contributed by atoms with E-state index < -0.39 is 18.6 Å². The van der Waals surface area contributed by atoms with Crippen molar-refractivity contribution in [3.8, 4) is 5.75 Å². The number of imidazole rings is 1. The third-order valence-electron chi connectivity index (χ3n) is 5.63. The second-order valence-corrected chi connectivity index (χ2v) is 7.77. The van der Waals surface area contributed by atoms with Crippen LogP contribution in [0.25, 0.3) is 5.65 Å². The minimum atomic E-state index is -4.42. The third kappa shape index (κ3) is 3.85. The van der Waals surface area contributed by atoms with Gasteiger partial charge in [0.25, 0.3) is 5.91 Å². The van der Waals surface area contributed by atoms with Crippen LogP contribution in [-0.2, 0) is 11.3 Å². The topological polar surface area (TPSA) is 82.7 Å². The maximum absolute atomic E-state index is 12.6. The number of rotatable bonds is 6. The Bertz CT molecular complexity index is 1130. The van der Waals surface area contributed by atoms with Crippen LogP contribution in [0.1, 0.15) is 29.0 Å². The highest BCUT2D eigenvalue weighted by molar-refractivity contribution is 6.03. The van der Waals surface area contributed by atoms with Gasteiger partial charge < -0.3 is 19.2 Å². The molecule has 11 heteroatoms. The van der Waals surface area contributed by atoms with E-state index in [4.69, 9.17) is 14.5 Å². The Labute approximate surface area is 175 Å². The minimum absolute atomic E-state index is 0.121. The molecule has 1 saturated heterocycles. The fraction of sp³-hybridized carbons (Fsp3) is 0.450. The minimum Gasteiger partial charge on any atom is -0.491 e. The standard InChI is InChI=1S/C20H20F3N5O3/c1-2-31-16-5-17-24-15(18-11-8-30-9-12(11)18)7-27(17)6-14(16)25-19(29)13-3-4-28(26-13)10-20(21,22)23/h3-7,11-12,18H,2,8-10H2,1H3,(H,25,29). The summed E-state index contributed by atoms with van der Waals surface area (Å²) in [7, 11) is 0. The fourth-order valence-electron chi connectivity index (χ4n) is 4.18. The van der Waals surface area contributed by atoms with Crippen molar-refractivity contribution in [2.75, 3.05) is 25.1 Å². The van der Waals surface area contributed by atoms with Crippen LogP contribution in [0.4, 0.5) is 18.9 Å². The highest BCUT2D eigenvalue weighted by Gasteiger charge is 2.55. The molecule has 1 aliphatic heterocycles. The molecule has 1 N–H and O–H groups in total. The first-order valence-electron chi connectivity index (χ1n) is 9.97. The van der Waals surface area contributed by atoms with Gasteiger partial charge in [-0.3, -0.25) is 9.48 Å². The van der Waals surface area contributed by atoms with Crippen LogP contribution in [0.15, 0.2) is 30.7 Å². The highest BCUT2D eigenvalue weighted by atomic mass is 19.4. The molecule has 1 aliphatic carbocycles. The van der Waals surface area contributed by atoms with Crippen molar-refractivity contribution in [1.82, 2.24) is 19.2 Å². The number of hydrogen-bond donors (Lipinski definition) is 1. The van der Waals surface area contributed by atoms with Crippen LogP contribution in [0.3, 0.4) is 0 Å². The van der Waals surface area contributed by atoms with Gasteiger partial charge in [-0.2, -0.15) is 18.3 Å². The van der Waals surface area contributed by atoms with Crippen molar-refractivity contribution in [1.29, 1.82) is 0 Å². The molecule has 1 saturated carbocycles. The number of ether oxygens (including phenoxy) is 2. The average Bonchev–Trinajstić information content (AvgIpc) is 3.13. The summed E-state index contributed by atoms with van der Waals surface area (Å²) in [5.74, 6) is 1.22. The summed E-state index contributed by atoms with van der Waals surface area (Å²) in [4.78, 5) is 17.3. The molecule has 1 amide bonds. The van der Waals surface area contributed by atoms with Gasteiger partial charge in [0.15, 0.2) is 5.69 Å². The molecule has 5 rings (SSSR count). The Hall–Kier alpha value is -3.08. The molecule has 0 aromatic carbocycles. The average molecular weight is 435 g/mol. The van der Waals surface area contributed by atoms with Crippen molar-refractivity contribution in [3.63, 3.8) is 0 Å². The van der Waals surface area contributed by atoms with Gasteiger partial charge in [-0.1, -0.05) is 0 Å². The van der Waals surface area contributed by atoms with Gasteiger partial charge >= 0.3 is 6.18 Å². The normalized spacial score (nSPS) is 22.5. The van der Waals surface area contributed by atoms with Crippen molar-refractivity contribution in [3.05, 3.63) is 42.1 Å². The van der Waals surface area contributed by atoms with E-state index in [0.717, 1.165) is 25.1 Å². The first-order chi connectivity index (χ1) is 14.8. The van der Waals surface area contributed by atoms with Crippen LogP contribution in [-0.4, -0.2) is 51.1 Å². The maximum Gasteiger partial charge on any atom is 0.408 e. The Morgan fingerprint density at radius 1 is 1.32 bits per heavy atom. The summed E-state index contributed by atoms with van der Waals surface area (Å²) in [6.07, 6.45) is 0.323. The molecule has 2 atom stereocenters. The van der Waals surface area contributed by atoms with Gasteiger partial charge in [-0.05, 0) is 24.8 Å². The van der Waals surface area contributed by atoms with Crippen molar-refractivity contribution in [2.45, 2.75) is 25.6 Å². The number of alkyl halides is 3. The number of anilines is 1. The number of carbonyl (C=O) groups is 1. The Balaban J connectivity index is 1.39. The number of hydrogen-bond acceptors (Lipinski definition) is 5. The van der Waals surface area contributed by atoms with Crippen LogP contribution in [0.2, 0.25) is 0 Å². The number of halogens is 3. The van der Waals surface area contributed by atoms with E-state index in [2.05, 4.69) is 10.4 Å². The number of pyridine rings is 1. The summed E-state index contributed by atoms with van der Waals surface area (Å²) >= 11 is 0. The second kappa shape index (κ2) is 7.26. The lowest BCUT2D eigenvalue weighted by molar-refractivity contribution is -0.142. The lowest BCUT2D eigenvalue weighted by Gasteiger charge is -2.11.